The smallest absolute Gasteiger partial charge is 0.141 e. The third-order valence-corrected chi connectivity index (χ3v) is 4.85. The largest absolute Gasteiger partial charge is 0.205 e. The van der Waals surface area contributed by atoms with Crippen LogP contribution >= 0.6 is 43.2 Å². The van der Waals surface area contributed by atoms with Crippen molar-refractivity contribution in [3.8, 4) is 0 Å². The van der Waals surface area contributed by atoms with Crippen LogP contribution < -0.4 is 0 Å². The predicted octanol–water partition coefficient (Wildman–Crippen LogP) is 4.57. The molecule has 0 amide bonds. The van der Waals surface area contributed by atoms with Gasteiger partial charge in [-0.15, -0.1) is 11.3 Å². The zero-order valence-corrected chi connectivity index (χ0v) is 9.76. The summed E-state index contributed by atoms with van der Waals surface area (Å²) in [5.74, 6) is -0.150. The maximum absolute atomic E-state index is 13.0. The van der Waals surface area contributed by atoms with Gasteiger partial charge < -0.3 is 0 Å². The molecule has 4 heteroatoms. The molecule has 12 heavy (non-hydrogen) atoms. The van der Waals surface area contributed by atoms with Crippen LogP contribution in [0.3, 0.4) is 0 Å². The molecule has 0 saturated heterocycles. The summed E-state index contributed by atoms with van der Waals surface area (Å²) in [6.07, 6.45) is 0. The molecule has 0 fully saturated rings. The third kappa shape index (κ3) is 1.22. The minimum Gasteiger partial charge on any atom is -0.205 e. The Morgan fingerprint density at radius 3 is 2.75 bits per heavy atom. The molecule has 2 aromatic rings. The van der Waals surface area contributed by atoms with E-state index in [-0.39, 0.29) is 5.82 Å². The lowest BCUT2D eigenvalue weighted by molar-refractivity contribution is 0.644. The van der Waals surface area contributed by atoms with Gasteiger partial charge in [-0.25, -0.2) is 4.39 Å². The van der Waals surface area contributed by atoms with E-state index in [9.17, 15) is 4.39 Å². The van der Waals surface area contributed by atoms with Crippen LogP contribution in [0, 0.1) is 5.82 Å². The van der Waals surface area contributed by atoms with Crippen LogP contribution in [0.4, 0.5) is 4.39 Å². The molecule has 1 aromatic carbocycles. The van der Waals surface area contributed by atoms with Gasteiger partial charge in [-0.1, -0.05) is 0 Å². The first-order valence-electron chi connectivity index (χ1n) is 3.21. The lowest BCUT2D eigenvalue weighted by Gasteiger charge is -1.96. The van der Waals surface area contributed by atoms with Gasteiger partial charge in [-0.2, -0.15) is 0 Å². The molecule has 0 spiro atoms. The van der Waals surface area contributed by atoms with Crippen molar-refractivity contribution in [1.29, 1.82) is 0 Å². The van der Waals surface area contributed by atoms with Gasteiger partial charge in [0.05, 0.1) is 4.70 Å². The van der Waals surface area contributed by atoms with E-state index in [0.29, 0.717) is 5.39 Å². The van der Waals surface area contributed by atoms with Gasteiger partial charge in [0.15, 0.2) is 0 Å². The second-order valence-electron chi connectivity index (χ2n) is 2.32. The van der Waals surface area contributed by atoms with E-state index in [1.54, 1.807) is 6.07 Å². The number of fused-ring (bicyclic) bond motifs is 1. The third-order valence-electron chi connectivity index (χ3n) is 1.59. The van der Waals surface area contributed by atoms with E-state index in [4.69, 9.17) is 0 Å². The quantitative estimate of drug-likeness (QED) is 0.669. The van der Waals surface area contributed by atoms with Gasteiger partial charge in [0.2, 0.25) is 0 Å². The zero-order chi connectivity index (χ0) is 8.72. The molecule has 62 valence electrons. The Kier molecular flexibility index (Phi) is 2.23. The van der Waals surface area contributed by atoms with E-state index < -0.39 is 0 Å². The normalized spacial score (nSPS) is 10.9. The van der Waals surface area contributed by atoms with Crippen LogP contribution in [-0.2, 0) is 0 Å². The van der Waals surface area contributed by atoms with E-state index in [2.05, 4.69) is 31.9 Å². The first kappa shape index (κ1) is 8.66. The Bertz CT molecular complexity index is 436. The van der Waals surface area contributed by atoms with Gasteiger partial charge in [-0.3, -0.25) is 0 Å². The first-order valence-corrected chi connectivity index (χ1v) is 5.67. The van der Waals surface area contributed by atoms with Crippen molar-refractivity contribution < 1.29 is 4.39 Å². The number of hydrogen-bond acceptors (Lipinski definition) is 1. The van der Waals surface area contributed by atoms with Crippen LogP contribution in [0.1, 0.15) is 0 Å². The van der Waals surface area contributed by atoms with E-state index in [1.807, 2.05) is 6.07 Å². The minimum absolute atomic E-state index is 0.150. The van der Waals surface area contributed by atoms with Gasteiger partial charge in [0, 0.05) is 19.7 Å². The van der Waals surface area contributed by atoms with Crippen LogP contribution in [0.2, 0.25) is 0 Å². The lowest BCUT2D eigenvalue weighted by Crippen LogP contribution is -1.71. The molecule has 2 rings (SSSR count). The maximum atomic E-state index is 13.0. The summed E-state index contributed by atoms with van der Waals surface area (Å²) in [6.45, 7) is 0. The van der Waals surface area contributed by atoms with Crippen molar-refractivity contribution in [3.63, 3.8) is 0 Å². The topological polar surface area (TPSA) is 0 Å². The van der Waals surface area contributed by atoms with Crippen molar-refractivity contribution in [2.75, 3.05) is 0 Å². The van der Waals surface area contributed by atoms with Crippen molar-refractivity contribution in [3.05, 3.63) is 32.3 Å². The Morgan fingerprint density at radius 2 is 2.00 bits per heavy atom. The molecule has 0 unspecified atom stereocenters. The van der Waals surface area contributed by atoms with Crippen LogP contribution in [0.5, 0.6) is 0 Å². The summed E-state index contributed by atoms with van der Waals surface area (Å²) in [7, 11) is 0. The van der Waals surface area contributed by atoms with E-state index in [1.165, 1.54) is 16.7 Å². The average molecular weight is 310 g/mol. The summed E-state index contributed by atoms with van der Waals surface area (Å²) in [6, 6.07) is 3.61. The van der Waals surface area contributed by atoms with Crippen LogP contribution in [0.25, 0.3) is 10.1 Å². The second-order valence-corrected chi connectivity index (χ2v) is 4.85. The van der Waals surface area contributed by atoms with Gasteiger partial charge in [0.1, 0.15) is 5.82 Å². The molecule has 1 aromatic heterocycles. The Balaban J connectivity index is 2.93. The maximum Gasteiger partial charge on any atom is 0.141 e. The van der Waals surface area contributed by atoms with Gasteiger partial charge in [-0.05, 0) is 44.0 Å². The molecular weight excluding hydrogens is 307 g/mol. The fourth-order valence-corrected chi connectivity index (χ4v) is 2.95. The summed E-state index contributed by atoms with van der Waals surface area (Å²) < 4.78 is 15.9. The summed E-state index contributed by atoms with van der Waals surface area (Å²) >= 11 is 8.16. The monoisotopic (exact) mass is 308 g/mol. The van der Waals surface area contributed by atoms with Crippen molar-refractivity contribution in [2.24, 2.45) is 0 Å². The first-order chi connectivity index (χ1) is 5.70. The van der Waals surface area contributed by atoms with E-state index in [0.717, 1.165) is 13.6 Å². The average Bonchev–Trinajstić information content (AvgIpc) is 2.41. The number of thiophene rings is 1. The minimum atomic E-state index is -0.150. The highest BCUT2D eigenvalue weighted by Gasteiger charge is 2.08. The summed E-state index contributed by atoms with van der Waals surface area (Å²) in [4.78, 5) is 0. The molecule has 0 bridgehead atoms. The fourth-order valence-electron chi connectivity index (χ4n) is 1.01. The SMILES string of the molecule is Fc1csc2c(Br)c(Br)ccc12. The van der Waals surface area contributed by atoms with Crippen LogP contribution in [-0.4, -0.2) is 0 Å². The second kappa shape index (κ2) is 3.09. The van der Waals surface area contributed by atoms with Crippen LogP contribution in [0.15, 0.2) is 26.5 Å². The Morgan fingerprint density at radius 1 is 1.25 bits per heavy atom. The Hall–Kier alpha value is 0.0700. The van der Waals surface area contributed by atoms with Gasteiger partial charge >= 0.3 is 0 Å². The highest BCUT2D eigenvalue weighted by Crippen LogP contribution is 2.36. The van der Waals surface area contributed by atoms with Gasteiger partial charge in [0.25, 0.3) is 0 Å². The van der Waals surface area contributed by atoms with Crippen molar-refractivity contribution >= 4 is 53.3 Å². The molecular formula is C8H3Br2FS. The molecule has 0 N–H and O–H groups in total. The molecule has 0 saturated carbocycles. The standard InChI is InChI=1S/C8H3Br2FS/c9-5-2-1-4-6(11)3-12-8(4)7(5)10/h1-3H. The highest BCUT2D eigenvalue weighted by molar-refractivity contribution is 9.13. The molecule has 0 aliphatic heterocycles. The number of rotatable bonds is 0. The Labute approximate surface area is 89.7 Å². The molecule has 0 aliphatic carbocycles. The summed E-state index contributed by atoms with van der Waals surface area (Å²) in [5, 5.41) is 2.19. The van der Waals surface area contributed by atoms with Crippen molar-refractivity contribution in [1.82, 2.24) is 0 Å². The summed E-state index contributed by atoms with van der Waals surface area (Å²) in [5.41, 5.74) is 0. The molecule has 0 aliphatic rings. The molecule has 0 radical (unpaired) electrons. The number of benzene rings is 1. The fraction of sp³-hybridized carbons (Fsp3) is 0. The molecule has 0 nitrogen and oxygen atoms in total. The highest BCUT2D eigenvalue weighted by atomic mass is 79.9. The number of hydrogen-bond donors (Lipinski definition) is 0. The zero-order valence-electron chi connectivity index (χ0n) is 5.77. The van der Waals surface area contributed by atoms with E-state index >= 15 is 0 Å². The number of halogens is 3. The lowest BCUT2D eigenvalue weighted by atomic mass is 10.3. The van der Waals surface area contributed by atoms with Crippen molar-refractivity contribution in [2.45, 2.75) is 0 Å². The molecule has 1 heterocycles. The molecule has 0 atom stereocenters. The predicted molar refractivity (Wildman–Crippen MR) is 57.2 cm³/mol.